The number of nitrogens with one attached hydrogen (secondary N) is 1. The van der Waals surface area contributed by atoms with Crippen molar-refractivity contribution in [3.63, 3.8) is 0 Å². The Kier molecular flexibility index (Phi) is 6.00. The lowest BCUT2D eigenvalue weighted by Gasteiger charge is -2.35. The van der Waals surface area contributed by atoms with Gasteiger partial charge in [0.25, 0.3) is 0 Å². The van der Waals surface area contributed by atoms with E-state index in [4.69, 9.17) is 4.74 Å². The number of aliphatic hydroxyl groups excluding tert-OH is 1. The molecule has 0 aromatic carbocycles. The smallest absolute Gasteiger partial charge is 0.218 e. The maximum Gasteiger partial charge on any atom is 0.218 e. The van der Waals surface area contributed by atoms with Crippen LogP contribution in [0.1, 0.15) is 51.5 Å². The summed E-state index contributed by atoms with van der Waals surface area (Å²) >= 11 is 0. The van der Waals surface area contributed by atoms with Crippen LogP contribution in [0.5, 0.6) is 5.88 Å². The van der Waals surface area contributed by atoms with Gasteiger partial charge in [-0.1, -0.05) is 25.3 Å². The Labute approximate surface area is 127 Å². The van der Waals surface area contributed by atoms with Gasteiger partial charge in [0, 0.05) is 36.9 Å². The Bertz CT molecular complexity index is 429. The van der Waals surface area contributed by atoms with Crippen LogP contribution in [-0.2, 0) is 6.54 Å². The molecule has 0 bridgehead atoms. The normalized spacial score (nSPS) is 17.9. The van der Waals surface area contributed by atoms with Crippen molar-refractivity contribution in [2.45, 2.75) is 58.6 Å². The molecular formula is C17H28N2O2. The fraction of sp³-hybridized carbons (Fsp3) is 0.706. The maximum absolute atomic E-state index is 9.74. The summed E-state index contributed by atoms with van der Waals surface area (Å²) in [5.41, 5.74) is 1.15. The molecule has 1 aliphatic carbocycles. The van der Waals surface area contributed by atoms with Gasteiger partial charge in [0.15, 0.2) is 0 Å². The van der Waals surface area contributed by atoms with E-state index >= 15 is 0 Å². The molecule has 1 aliphatic rings. The van der Waals surface area contributed by atoms with Gasteiger partial charge >= 0.3 is 0 Å². The Morgan fingerprint density at radius 2 is 2.10 bits per heavy atom. The summed E-state index contributed by atoms with van der Waals surface area (Å²) in [5.74, 6) is 0.710. The first-order valence-corrected chi connectivity index (χ1v) is 8.07. The second-order valence-corrected chi connectivity index (χ2v) is 6.46. The summed E-state index contributed by atoms with van der Waals surface area (Å²) in [5, 5.41) is 13.2. The van der Waals surface area contributed by atoms with Gasteiger partial charge in [0.1, 0.15) is 0 Å². The van der Waals surface area contributed by atoms with Crippen LogP contribution in [0.3, 0.4) is 0 Å². The highest BCUT2D eigenvalue weighted by Gasteiger charge is 2.30. The highest BCUT2D eigenvalue weighted by molar-refractivity contribution is 5.25. The lowest BCUT2D eigenvalue weighted by atomic mass is 9.74. The predicted octanol–water partition coefficient (Wildman–Crippen LogP) is 2.90. The number of hydrogen-bond acceptors (Lipinski definition) is 4. The average Bonchev–Trinajstić information content (AvgIpc) is 2.49. The summed E-state index contributed by atoms with van der Waals surface area (Å²) in [6, 6.07) is 3.98. The minimum atomic E-state index is 0.0690. The minimum Gasteiger partial charge on any atom is -0.475 e. The average molecular weight is 292 g/mol. The molecule has 0 radical (unpaired) electrons. The maximum atomic E-state index is 9.74. The molecule has 4 heteroatoms. The molecule has 0 aliphatic heterocycles. The van der Waals surface area contributed by atoms with E-state index in [-0.39, 0.29) is 18.1 Å². The van der Waals surface area contributed by atoms with Crippen molar-refractivity contribution in [3.05, 3.63) is 23.9 Å². The van der Waals surface area contributed by atoms with E-state index < -0.39 is 0 Å². The number of aromatic nitrogens is 1. The van der Waals surface area contributed by atoms with E-state index in [0.29, 0.717) is 5.88 Å². The van der Waals surface area contributed by atoms with Crippen molar-refractivity contribution >= 4 is 0 Å². The third-order valence-electron chi connectivity index (χ3n) is 4.26. The van der Waals surface area contributed by atoms with Gasteiger partial charge in [-0.3, -0.25) is 0 Å². The molecule has 0 atom stereocenters. The molecule has 4 nitrogen and oxygen atoms in total. The molecule has 2 N–H and O–H groups in total. The fourth-order valence-electron chi connectivity index (χ4n) is 3.04. The van der Waals surface area contributed by atoms with Crippen LogP contribution in [0.4, 0.5) is 0 Å². The Morgan fingerprint density at radius 1 is 1.33 bits per heavy atom. The summed E-state index contributed by atoms with van der Waals surface area (Å²) in [6.07, 6.45) is 7.90. The van der Waals surface area contributed by atoms with Gasteiger partial charge in [0.2, 0.25) is 5.88 Å². The van der Waals surface area contributed by atoms with Crippen molar-refractivity contribution in [1.29, 1.82) is 0 Å². The van der Waals surface area contributed by atoms with Crippen LogP contribution in [0.15, 0.2) is 18.3 Å². The zero-order valence-corrected chi connectivity index (χ0v) is 13.3. The largest absolute Gasteiger partial charge is 0.475 e. The minimum absolute atomic E-state index is 0.0690. The van der Waals surface area contributed by atoms with Crippen LogP contribution in [-0.4, -0.2) is 29.3 Å². The summed E-state index contributed by atoms with van der Waals surface area (Å²) < 4.78 is 5.74. The first-order chi connectivity index (χ1) is 10.2. The number of hydrogen-bond donors (Lipinski definition) is 2. The highest BCUT2D eigenvalue weighted by Crippen LogP contribution is 2.35. The van der Waals surface area contributed by atoms with Crippen molar-refractivity contribution in [2.24, 2.45) is 5.41 Å². The second kappa shape index (κ2) is 7.76. The Morgan fingerprint density at radius 3 is 2.76 bits per heavy atom. The van der Waals surface area contributed by atoms with Crippen LogP contribution in [0, 0.1) is 5.41 Å². The predicted molar refractivity (Wildman–Crippen MR) is 84.3 cm³/mol. The summed E-state index contributed by atoms with van der Waals surface area (Å²) in [6.45, 7) is 5.89. The zero-order valence-electron chi connectivity index (χ0n) is 13.3. The zero-order chi connectivity index (χ0) is 15.1. The third-order valence-corrected chi connectivity index (χ3v) is 4.26. The summed E-state index contributed by atoms with van der Waals surface area (Å²) in [4.78, 5) is 4.31. The molecule has 2 rings (SSSR count). The number of rotatable bonds is 7. The molecule has 1 saturated carbocycles. The Balaban J connectivity index is 1.90. The van der Waals surface area contributed by atoms with E-state index in [1.165, 1.54) is 19.3 Å². The van der Waals surface area contributed by atoms with Gasteiger partial charge in [-0.2, -0.15) is 0 Å². The van der Waals surface area contributed by atoms with Crippen LogP contribution >= 0.6 is 0 Å². The molecule has 118 valence electrons. The van der Waals surface area contributed by atoms with E-state index in [1.54, 1.807) is 6.20 Å². The molecular weight excluding hydrogens is 264 g/mol. The molecule has 1 aromatic heterocycles. The first-order valence-electron chi connectivity index (χ1n) is 8.07. The number of aliphatic hydroxyl groups is 1. The summed E-state index contributed by atoms with van der Waals surface area (Å²) in [7, 11) is 0. The van der Waals surface area contributed by atoms with Crippen LogP contribution < -0.4 is 10.1 Å². The van der Waals surface area contributed by atoms with E-state index in [0.717, 1.165) is 31.5 Å². The van der Waals surface area contributed by atoms with Gasteiger partial charge in [-0.25, -0.2) is 4.98 Å². The molecule has 21 heavy (non-hydrogen) atoms. The van der Waals surface area contributed by atoms with Crippen molar-refractivity contribution in [3.8, 4) is 5.88 Å². The number of pyridine rings is 1. The van der Waals surface area contributed by atoms with Gasteiger partial charge in [0.05, 0.1) is 6.10 Å². The standard InChI is InChI=1S/C17H28N2O2/c1-14(2)21-16-15(7-6-10-19-16)11-18-12-17(13-20)8-4-3-5-9-17/h6-7,10,14,18,20H,3-5,8-9,11-13H2,1-2H3. The molecule has 0 spiro atoms. The molecule has 0 unspecified atom stereocenters. The topological polar surface area (TPSA) is 54.4 Å². The van der Waals surface area contributed by atoms with Crippen molar-refractivity contribution < 1.29 is 9.84 Å². The first kappa shape index (κ1) is 16.2. The van der Waals surface area contributed by atoms with Gasteiger partial charge in [-0.15, -0.1) is 0 Å². The SMILES string of the molecule is CC(C)Oc1ncccc1CNCC1(CO)CCCCC1. The van der Waals surface area contributed by atoms with E-state index in [2.05, 4.69) is 10.3 Å². The van der Waals surface area contributed by atoms with Crippen LogP contribution in [0.25, 0.3) is 0 Å². The monoisotopic (exact) mass is 292 g/mol. The fourth-order valence-corrected chi connectivity index (χ4v) is 3.04. The lowest BCUT2D eigenvalue weighted by Crippen LogP contribution is -2.38. The number of ether oxygens (including phenoxy) is 1. The highest BCUT2D eigenvalue weighted by atomic mass is 16.5. The third kappa shape index (κ3) is 4.68. The molecule has 1 aromatic rings. The second-order valence-electron chi connectivity index (χ2n) is 6.46. The van der Waals surface area contributed by atoms with Crippen LogP contribution in [0.2, 0.25) is 0 Å². The van der Waals surface area contributed by atoms with Crippen molar-refractivity contribution in [1.82, 2.24) is 10.3 Å². The van der Waals surface area contributed by atoms with Gasteiger partial charge < -0.3 is 15.2 Å². The lowest BCUT2D eigenvalue weighted by molar-refractivity contribution is 0.0809. The van der Waals surface area contributed by atoms with E-state index in [1.807, 2.05) is 26.0 Å². The quantitative estimate of drug-likeness (QED) is 0.811. The Hall–Kier alpha value is -1.13. The molecule has 0 amide bonds. The molecule has 1 heterocycles. The van der Waals surface area contributed by atoms with Crippen molar-refractivity contribution in [2.75, 3.05) is 13.2 Å². The number of nitrogens with zero attached hydrogens (tertiary/aromatic N) is 1. The van der Waals surface area contributed by atoms with E-state index in [9.17, 15) is 5.11 Å². The molecule has 1 fully saturated rings. The molecule has 0 saturated heterocycles. The van der Waals surface area contributed by atoms with Gasteiger partial charge in [-0.05, 0) is 32.8 Å².